The predicted molar refractivity (Wildman–Crippen MR) is 72.0 cm³/mol. The van der Waals surface area contributed by atoms with E-state index in [9.17, 15) is 13.6 Å². The van der Waals surface area contributed by atoms with Crippen molar-refractivity contribution in [1.29, 1.82) is 0 Å². The third-order valence-electron chi connectivity index (χ3n) is 2.72. The van der Waals surface area contributed by atoms with Crippen LogP contribution in [0.5, 0.6) is 0 Å². The first-order chi connectivity index (χ1) is 9.10. The van der Waals surface area contributed by atoms with Gasteiger partial charge < -0.3 is 10.2 Å². The van der Waals surface area contributed by atoms with Gasteiger partial charge in [0.05, 0.1) is 6.54 Å². The molecule has 0 aliphatic heterocycles. The van der Waals surface area contributed by atoms with Crippen LogP contribution in [0.25, 0.3) is 0 Å². The van der Waals surface area contributed by atoms with Gasteiger partial charge in [-0.25, -0.2) is 8.78 Å². The van der Waals surface area contributed by atoms with Gasteiger partial charge in [0.25, 0.3) is 0 Å². The summed E-state index contributed by atoms with van der Waals surface area (Å²) in [7, 11) is 0. The number of rotatable bonds is 7. The first-order valence-electron chi connectivity index (χ1n) is 6.55. The summed E-state index contributed by atoms with van der Waals surface area (Å²) in [5, 5.41) is 2.54. The Morgan fingerprint density at radius 1 is 1.16 bits per heavy atom. The molecule has 1 aromatic carbocycles. The van der Waals surface area contributed by atoms with Crippen LogP contribution in [0.4, 0.5) is 14.5 Å². The van der Waals surface area contributed by atoms with E-state index in [4.69, 9.17) is 0 Å². The van der Waals surface area contributed by atoms with E-state index in [-0.39, 0.29) is 18.1 Å². The van der Waals surface area contributed by atoms with E-state index in [1.807, 2.05) is 13.8 Å². The van der Waals surface area contributed by atoms with Gasteiger partial charge >= 0.3 is 0 Å². The van der Waals surface area contributed by atoms with Crippen molar-refractivity contribution in [3.63, 3.8) is 0 Å². The minimum atomic E-state index is -0.690. The summed E-state index contributed by atoms with van der Waals surface area (Å²) >= 11 is 0. The Morgan fingerprint density at radius 2 is 1.68 bits per heavy atom. The molecule has 1 rings (SSSR count). The van der Waals surface area contributed by atoms with Crippen LogP contribution >= 0.6 is 0 Å². The van der Waals surface area contributed by atoms with Gasteiger partial charge in [-0.05, 0) is 25.0 Å². The molecule has 0 aliphatic carbocycles. The number of carbonyl (C=O) groups is 1. The van der Waals surface area contributed by atoms with Crippen molar-refractivity contribution >= 4 is 11.6 Å². The highest BCUT2D eigenvalue weighted by Crippen LogP contribution is 2.17. The van der Waals surface area contributed by atoms with Crippen molar-refractivity contribution in [2.45, 2.75) is 26.7 Å². The third-order valence-corrected chi connectivity index (χ3v) is 2.72. The molecule has 0 spiro atoms. The van der Waals surface area contributed by atoms with E-state index < -0.39 is 11.6 Å². The fourth-order valence-corrected chi connectivity index (χ4v) is 1.84. The normalized spacial score (nSPS) is 10.3. The molecule has 0 fully saturated rings. The van der Waals surface area contributed by atoms with E-state index >= 15 is 0 Å². The maximum absolute atomic E-state index is 13.4. The second kappa shape index (κ2) is 7.71. The van der Waals surface area contributed by atoms with Gasteiger partial charge in [-0.15, -0.1) is 0 Å². The van der Waals surface area contributed by atoms with Crippen molar-refractivity contribution in [3.8, 4) is 0 Å². The van der Waals surface area contributed by atoms with E-state index in [0.29, 0.717) is 13.1 Å². The number of carbonyl (C=O) groups excluding carboxylic acids is 1. The lowest BCUT2D eigenvalue weighted by molar-refractivity contribution is -0.129. The highest BCUT2D eigenvalue weighted by atomic mass is 19.1. The van der Waals surface area contributed by atoms with Crippen molar-refractivity contribution in [3.05, 3.63) is 29.8 Å². The van der Waals surface area contributed by atoms with Crippen LogP contribution in [0, 0.1) is 11.6 Å². The molecule has 1 N–H and O–H groups in total. The molecule has 0 heterocycles. The van der Waals surface area contributed by atoms with E-state index in [2.05, 4.69) is 5.32 Å². The highest BCUT2D eigenvalue weighted by molar-refractivity contribution is 5.80. The molecule has 0 saturated heterocycles. The lowest BCUT2D eigenvalue weighted by atomic mass is 10.3. The Bertz CT molecular complexity index is 398. The second-order valence-electron chi connectivity index (χ2n) is 4.33. The summed E-state index contributed by atoms with van der Waals surface area (Å²) in [5.41, 5.74) is -0.246. The predicted octanol–water partition coefficient (Wildman–Crippen LogP) is 3.03. The fraction of sp³-hybridized carbons (Fsp3) is 0.500. The Hall–Kier alpha value is -1.65. The molecule has 0 bridgehead atoms. The van der Waals surface area contributed by atoms with E-state index in [0.717, 1.165) is 25.0 Å². The topological polar surface area (TPSA) is 32.3 Å². The number of hydrogen-bond acceptors (Lipinski definition) is 2. The van der Waals surface area contributed by atoms with Gasteiger partial charge in [0.2, 0.25) is 5.91 Å². The molecule has 0 unspecified atom stereocenters. The van der Waals surface area contributed by atoms with Gasteiger partial charge in [-0.3, -0.25) is 4.79 Å². The average molecular weight is 270 g/mol. The van der Waals surface area contributed by atoms with Crippen LogP contribution < -0.4 is 5.32 Å². The molecule has 0 aromatic heterocycles. The number of benzene rings is 1. The molecule has 0 saturated carbocycles. The van der Waals surface area contributed by atoms with Crippen LogP contribution in [0.1, 0.15) is 26.7 Å². The molecule has 5 heteroatoms. The monoisotopic (exact) mass is 270 g/mol. The van der Waals surface area contributed by atoms with E-state index in [1.54, 1.807) is 4.90 Å². The lowest BCUT2D eigenvalue weighted by Gasteiger charge is -2.22. The van der Waals surface area contributed by atoms with Gasteiger partial charge in [0.1, 0.15) is 17.3 Å². The number of para-hydroxylation sites is 1. The highest BCUT2D eigenvalue weighted by Gasteiger charge is 2.14. The first kappa shape index (κ1) is 15.4. The second-order valence-corrected chi connectivity index (χ2v) is 4.33. The van der Waals surface area contributed by atoms with Crippen molar-refractivity contribution in [2.75, 3.05) is 25.0 Å². The Balaban J connectivity index is 2.62. The smallest absolute Gasteiger partial charge is 0.241 e. The van der Waals surface area contributed by atoms with Crippen molar-refractivity contribution < 1.29 is 13.6 Å². The summed E-state index contributed by atoms with van der Waals surface area (Å²) in [5.74, 6) is -1.53. The number of amides is 1. The van der Waals surface area contributed by atoms with E-state index in [1.165, 1.54) is 6.07 Å². The summed E-state index contributed by atoms with van der Waals surface area (Å²) < 4.78 is 26.7. The fourth-order valence-electron chi connectivity index (χ4n) is 1.84. The zero-order chi connectivity index (χ0) is 14.3. The summed E-state index contributed by atoms with van der Waals surface area (Å²) in [6.07, 6.45) is 1.72. The van der Waals surface area contributed by atoms with Gasteiger partial charge in [-0.1, -0.05) is 19.9 Å². The Morgan fingerprint density at radius 3 is 2.16 bits per heavy atom. The van der Waals surface area contributed by atoms with Gasteiger partial charge in [-0.2, -0.15) is 0 Å². The molecular formula is C14H20F2N2O. The number of anilines is 1. The van der Waals surface area contributed by atoms with Crippen molar-refractivity contribution in [2.24, 2.45) is 0 Å². The standard InChI is InChI=1S/C14H20F2N2O/c1-3-8-18(9-4-2)13(19)10-17-14-11(15)6-5-7-12(14)16/h5-7,17H,3-4,8-10H2,1-2H3. The van der Waals surface area contributed by atoms with Crippen LogP contribution in [0.3, 0.4) is 0 Å². The molecule has 1 amide bonds. The maximum atomic E-state index is 13.4. The number of hydrogen-bond donors (Lipinski definition) is 1. The lowest BCUT2D eigenvalue weighted by Crippen LogP contribution is -2.36. The number of nitrogens with one attached hydrogen (secondary N) is 1. The van der Waals surface area contributed by atoms with Gasteiger partial charge in [0.15, 0.2) is 0 Å². The third kappa shape index (κ3) is 4.50. The Kier molecular flexibility index (Phi) is 6.25. The zero-order valence-electron chi connectivity index (χ0n) is 11.4. The van der Waals surface area contributed by atoms with Crippen molar-refractivity contribution in [1.82, 2.24) is 4.90 Å². The summed E-state index contributed by atoms with van der Waals surface area (Å²) in [4.78, 5) is 13.6. The molecule has 1 aromatic rings. The molecule has 19 heavy (non-hydrogen) atoms. The minimum Gasteiger partial charge on any atom is -0.371 e. The number of nitrogens with zero attached hydrogens (tertiary/aromatic N) is 1. The molecular weight excluding hydrogens is 250 g/mol. The average Bonchev–Trinajstić information content (AvgIpc) is 2.37. The van der Waals surface area contributed by atoms with Crippen LogP contribution in [-0.4, -0.2) is 30.4 Å². The maximum Gasteiger partial charge on any atom is 0.241 e. The first-order valence-corrected chi connectivity index (χ1v) is 6.55. The molecule has 0 radical (unpaired) electrons. The minimum absolute atomic E-state index is 0.0994. The largest absolute Gasteiger partial charge is 0.371 e. The van der Waals surface area contributed by atoms with Crippen LogP contribution in [0.2, 0.25) is 0 Å². The number of halogens is 2. The molecule has 0 aliphatic rings. The van der Waals surface area contributed by atoms with Crippen LogP contribution in [-0.2, 0) is 4.79 Å². The SMILES string of the molecule is CCCN(CCC)C(=O)CNc1c(F)cccc1F. The molecule has 3 nitrogen and oxygen atoms in total. The summed E-state index contributed by atoms with van der Waals surface area (Å²) in [6, 6.07) is 3.61. The quantitative estimate of drug-likeness (QED) is 0.826. The molecule has 106 valence electrons. The summed E-state index contributed by atoms with van der Waals surface area (Å²) in [6.45, 7) is 5.19. The molecule has 0 atom stereocenters. The Labute approximate surface area is 112 Å². The van der Waals surface area contributed by atoms with Crippen LogP contribution in [0.15, 0.2) is 18.2 Å². The zero-order valence-corrected chi connectivity index (χ0v) is 11.4. The van der Waals surface area contributed by atoms with Gasteiger partial charge in [0, 0.05) is 13.1 Å².